The number of piperidine rings is 1. The topological polar surface area (TPSA) is 67.2 Å². The standard InChI is InChI=1S/C18H21N3O2/c22-17(15-3-1-2-10-19-15)21-14-8-6-12(7-9-14)16-11-20-18(23-16)13-4-5-13/h6-9,11,13,15,19H,1-5,10H2,(H,21,22). The summed E-state index contributed by atoms with van der Waals surface area (Å²) in [6.07, 6.45) is 7.32. The quantitative estimate of drug-likeness (QED) is 0.909. The fraction of sp³-hybridized carbons (Fsp3) is 0.444. The van der Waals surface area contributed by atoms with Crippen LogP contribution in [0.25, 0.3) is 11.3 Å². The van der Waals surface area contributed by atoms with E-state index in [1.54, 1.807) is 6.20 Å². The summed E-state index contributed by atoms with van der Waals surface area (Å²) in [7, 11) is 0. The number of rotatable bonds is 4. The molecule has 1 aliphatic heterocycles. The number of oxazole rings is 1. The van der Waals surface area contributed by atoms with Gasteiger partial charge in [0.1, 0.15) is 0 Å². The lowest BCUT2D eigenvalue weighted by molar-refractivity contribution is -0.118. The van der Waals surface area contributed by atoms with Crippen molar-refractivity contribution >= 4 is 11.6 Å². The molecule has 0 radical (unpaired) electrons. The molecule has 0 spiro atoms. The lowest BCUT2D eigenvalue weighted by atomic mass is 10.0. The SMILES string of the molecule is O=C(Nc1ccc(-c2cnc(C3CC3)o2)cc1)C1CCCCN1. The van der Waals surface area contributed by atoms with Crippen LogP contribution in [0.3, 0.4) is 0 Å². The molecular formula is C18H21N3O2. The summed E-state index contributed by atoms with van der Waals surface area (Å²) in [5, 5.41) is 6.24. The first-order valence-corrected chi connectivity index (χ1v) is 8.40. The van der Waals surface area contributed by atoms with Gasteiger partial charge >= 0.3 is 0 Å². The maximum Gasteiger partial charge on any atom is 0.241 e. The molecule has 1 unspecified atom stereocenters. The van der Waals surface area contributed by atoms with Crippen molar-refractivity contribution in [3.63, 3.8) is 0 Å². The molecule has 1 aromatic carbocycles. The summed E-state index contributed by atoms with van der Waals surface area (Å²) >= 11 is 0. The fourth-order valence-electron chi connectivity index (χ4n) is 2.96. The van der Waals surface area contributed by atoms with E-state index in [9.17, 15) is 4.79 Å². The molecule has 0 bridgehead atoms. The van der Waals surface area contributed by atoms with Gasteiger partial charge in [0.25, 0.3) is 0 Å². The highest BCUT2D eigenvalue weighted by molar-refractivity contribution is 5.95. The Labute approximate surface area is 135 Å². The van der Waals surface area contributed by atoms with E-state index in [0.29, 0.717) is 5.92 Å². The number of amides is 1. The van der Waals surface area contributed by atoms with E-state index in [1.807, 2.05) is 24.3 Å². The van der Waals surface area contributed by atoms with Gasteiger partial charge in [0.2, 0.25) is 5.91 Å². The molecule has 120 valence electrons. The highest BCUT2D eigenvalue weighted by atomic mass is 16.4. The van der Waals surface area contributed by atoms with Crippen LogP contribution in [-0.4, -0.2) is 23.5 Å². The second-order valence-electron chi connectivity index (χ2n) is 6.41. The summed E-state index contributed by atoms with van der Waals surface area (Å²) in [5.41, 5.74) is 1.80. The van der Waals surface area contributed by atoms with E-state index in [-0.39, 0.29) is 11.9 Å². The Morgan fingerprint density at radius 3 is 2.70 bits per heavy atom. The zero-order valence-electron chi connectivity index (χ0n) is 13.0. The first-order chi connectivity index (χ1) is 11.3. The van der Waals surface area contributed by atoms with E-state index in [4.69, 9.17) is 4.42 Å². The molecule has 23 heavy (non-hydrogen) atoms. The Balaban J connectivity index is 1.41. The van der Waals surface area contributed by atoms with Crippen molar-refractivity contribution in [3.8, 4) is 11.3 Å². The van der Waals surface area contributed by atoms with Gasteiger partial charge < -0.3 is 15.1 Å². The summed E-state index contributed by atoms with van der Waals surface area (Å²) in [6, 6.07) is 7.67. The van der Waals surface area contributed by atoms with Crippen molar-refractivity contribution in [1.82, 2.24) is 10.3 Å². The molecule has 5 heteroatoms. The molecule has 2 heterocycles. The highest BCUT2D eigenvalue weighted by Crippen LogP contribution is 2.40. The van der Waals surface area contributed by atoms with Crippen LogP contribution in [0, 0.1) is 0 Å². The van der Waals surface area contributed by atoms with E-state index < -0.39 is 0 Å². The molecule has 5 nitrogen and oxygen atoms in total. The van der Waals surface area contributed by atoms with Crippen molar-refractivity contribution in [3.05, 3.63) is 36.4 Å². The van der Waals surface area contributed by atoms with Crippen molar-refractivity contribution in [2.75, 3.05) is 11.9 Å². The molecule has 2 fully saturated rings. The maximum atomic E-state index is 12.2. The van der Waals surface area contributed by atoms with Gasteiger partial charge in [0.05, 0.1) is 12.2 Å². The predicted octanol–water partition coefficient (Wildman–Crippen LogP) is 3.30. The first-order valence-electron chi connectivity index (χ1n) is 8.40. The lowest BCUT2D eigenvalue weighted by Crippen LogP contribution is -2.43. The van der Waals surface area contributed by atoms with Crippen LogP contribution >= 0.6 is 0 Å². The summed E-state index contributed by atoms with van der Waals surface area (Å²) in [4.78, 5) is 16.5. The Morgan fingerprint density at radius 2 is 2.00 bits per heavy atom. The largest absolute Gasteiger partial charge is 0.440 e. The molecule has 2 N–H and O–H groups in total. The zero-order valence-corrected chi connectivity index (χ0v) is 13.0. The normalized spacial score (nSPS) is 21.1. The number of nitrogens with one attached hydrogen (secondary N) is 2. The highest BCUT2D eigenvalue weighted by Gasteiger charge is 2.28. The van der Waals surface area contributed by atoms with Crippen molar-refractivity contribution in [2.45, 2.75) is 44.1 Å². The zero-order chi connectivity index (χ0) is 15.6. The monoisotopic (exact) mass is 311 g/mol. The number of hydrogen-bond donors (Lipinski definition) is 2. The Hall–Kier alpha value is -2.14. The van der Waals surface area contributed by atoms with Crippen LogP contribution in [0.4, 0.5) is 5.69 Å². The molecule has 1 aliphatic carbocycles. The van der Waals surface area contributed by atoms with Crippen molar-refractivity contribution in [2.24, 2.45) is 0 Å². The second kappa shape index (κ2) is 6.16. The minimum Gasteiger partial charge on any atom is -0.440 e. The van der Waals surface area contributed by atoms with Crippen molar-refractivity contribution in [1.29, 1.82) is 0 Å². The van der Waals surface area contributed by atoms with Gasteiger partial charge in [-0.1, -0.05) is 6.42 Å². The van der Waals surface area contributed by atoms with Gasteiger partial charge in [-0.05, 0) is 56.5 Å². The Bertz CT molecular complexity index is 683. The summed E-state index contributed by atoms with van der Waals surface area (Å²) in [5.74, 6) is 2.21. The van der Waals surface area contributed by atoms with E-state index in [1.165, 1.54) is 12.8 Å². The van der Waals surface area contributed by atoms with E-state index in [0.717, 1.165) is 48.7 Å². The maximum absolute atomic E-state index is 12.2. The first kappa shape index (κ1) is 14.5. The summed E-state index contributed by atoms with van der Waals surface area (Å²) in [6.45, 7) is 0.922. The molecular weight excluding hydrogens is 290 g/mol. The average Bonchev–Trinajstić information content (AvgIpc) is 3.34. The smallest absolute Gasteiger partial charge is 0.241 e. The lowest BCUT2D eigenvalue weighted by Gasteiger charge is -2.22. The van der Waals surface area contributed by atoms with Gasteiger partial charge in [-0.3, -0.25) is 4.79 Å². The number of anilines is 1. The predicted molar refractivity (Wildman–Crippen MR) is 88.2 cm³/mol. The van der Waals surface area contributed by atoms with Crippen LogP contribution in [0.2, 0.25) is 0 Å². The molecule has 2 aliphatic rings. The summed E-state index contributed by atoms with van der Waals surface area (Å²) < 4.78 is 5.80. The number of aromatic nitrogens is 1. The minimum absolute atomic E-state index is 0.0492. The molecule has 1 atom stereocenters. The second-order valence-corrected chi connectivity index (χ2v) is 6.41. The van der Waals surface area contributed by atoms with Crippen LogP contribution in [0.1, 0.15) is 43.9 Å². The average molecular weight is 311 g/mol. The van der Waals surface area contributed by atoms with Crippen LogP contribution in [-0.2, 0) is 4.79 Å². The third-order valence-corrected chi connectivity index (χ3v) is 4.51. The molecule has 2 aromatic rings. The van der Waals surface area contributed by atoms with Gasteiger partial charge in [0.15, 0.2) is 11.7 Å². The van der Waals surface area contributed by atoms with Gasteiger partial charge in [-0.25, -0.2) is 4.98 Å². The molecule has 1 amide bonds. The Kier molecular flexibility index (Phi) is 3.87. The van der Waals surface area contributed by atoms with Crippen molar-refractivity contribution < 1.29 is 9.21 Å². The number of nitrogens with zero attached hydrogens (tertiary/aromatic N) is 1. The third kappa shape index (κ3) is 3.29. The molecule has 4 rings (SSSR count). The van der Waals surface area contributed by atoms with E-state index >= 15 is 0 Å². The van der Waals surface area contributed by atoms with E-state index in [2.05, 4.69) is 15.6 Å². The number of benzene rings is 1. The van der Waals surface area contributed by atoms with Gasteiger partial charge in [0, 0.05) is 17.2 Å². The number of carbonyl (C=O) groups is 1. The van der Waals surface area contributed by atoms with Crippen LogP contribution in [0.5, 0.6) is 0 Å². The Morgan fingerprint density at radius 1 is 1.17 bits per heavy atom. The minimum atomic E-state index is -0.0706. The van der Waals surface area contributed by atoms with Crippen LogP contribution < -0.4 is 10.6 Å². The molecule has 1 saturated heterocycles. The number of carbonyl (C=O) groups excluding carboxylic acids is 1. The number of hydrogen-bond acceptors (Lipinski definition) is 4. The fourth-order valence-corrected chi connectivity index (χ4v) is 2.96. The van der Waals surface area contributed by atoms with Crippen LogP contribution in [0.15, 0.2) is 34.9 Å². The molecule has 1 aromatic heterocycles. The van der Waals surface area contributed by atoms with Gasteiger partial charge in [-0.2, -0.15) is 0 Å². The van der Waals surface area contributed by atoms with Gasteiger partial charge in [-0.15, -0.1) is 0 Å². The molecule has 1 saturated carbocycles. The third-order valence-electron chi connectivity index (χ3n) is 4.51.